The lowest BCUT2D eigenvalue weighted by atomic mass is 9.83. The van der Waals surface area contributed by atoms with E-state index in [-0.39, 0.29) is 18.8 Å². The Morgan fingerprint density at radius 1 is 1.46 bits per heavy atom. The molecular formula is C16H22N6O6. The van der Waals surface area contributed by atoms with Gasteiger partial charge >= 0.3 is 11.8 Å². The summed E-state index contributed by atoms with van der Waals surface area (Å²) in [4.78, 5) is 26.3. The lowest BCUT2D eigenvalue weighted by Gasteiger charge is -2.54. The van der Waals surface area contributed by atoms with Crippen LogP contribution in [0, 0.1) is 11.3 Å². The molecule has 1 fully saturated rings. The molecule has 0 bridgehead atoms. The van der Waals surface area contributed by atoms with Gasteiger partial charge in [0.25, 0.3) is 5.91 Å². The Morgan fingerprint density at radius 2 is 2.14 bits per heavy atom. The van der Waals surface area contributed by atoms with E-state index < -0.39 is 41.8 Å². The number of hydrogen-bond donors (Lipinski definition) is 7. The summed E-state index contributed by atoms with van der Waals surface area (Å²) in [5, 5.41) is 58.2. The van der Waals surface area contributed by atoms with E-state index in [1.807, 2.05) is 0 Å². The van der Waals surface area contributed by atoms with E-state index in [1.165, 1.54) is 18.9 Å². The lowest BCUT2D eigenvalue weighted by Crippen LogP contribution is -2.73. The summed E-state index contributed by atoms with van der Waals surface area (Å²) < 4.78 is 0. The van der Waals surface area contributed by atoms with Crippen LogP contribution in [0.5, 0.6) is 0 Å². The third-order valence-electron chi connectivity index (χ3n) is 5.39. The van der Waals surface area contributed by atoms with E-state index in [0.717, 1.165) is 11.0 Å². The minimum absolute atomic E-state index is 0.115. The smallest absolute Gasteiger partial charge is 0.336 e. The first-order chi connectivity index (χ1) is 12.9. The van der Waals surface area contributed by atoms with Gasteiger partial charge in [0.05, 0.1) is 6.54 Å². The number of likely N-dealkylation sites (N-methyl/N-ethyl adjacent to an activating group) is 1. The number of nitrogens with one attached hydrogen (secondary N) is 3. The predicted molar refractivity (Wildman–Crippen MR) is 92.1 cm³/mol. The molecule has 0 radical (unpaired) electrons. The van der Waals surface area contributed by atoms with Crippen molar-refractivity contribution in [3.8, 4) is 6.07 Å². The topological polar surface area (TPSA) is 181 Å². The summed E-state index contributed by atoms with van der Waals surface area (Å²) in [6.07, 6.45) is 2.64. The molecule has 3 amide bonds. The van der Waals surface area contributed by atoms with Crippen LogP contribution in [0.3, 0.4) is 0 Å². The number of fused-ring (bicyclic) bond motifs is 1. The van der Waals surface area contributed by atoms with Crippen molar-refractivity contribution in [2.24, 2.45) is 0 Å². The van der Waals surface area contributed by atoms with E-state index >= 15 is 0 Å². The zero-order chi connectivity index (χ0) is 20.9. The van der Waals surface area contributed by atoms with Crippen LogP contribution in [-0.2, 0) is 4.79 Å². The molecule has 3 atom stereocenters. The van der Waals surface area contributed by atoms with Gasteiger partial charge in [0.15, 0.2) is 5.72 Å². The molecule has 3 aliphatic heterocycles. The third kappa shape index (κ3) is 2.94. The minimum atomic E-state index is -3.25. The fourth-order valence-corrected chi connectivity index (χ4v) is 3.54. The molecule has 1 saturated heterocycles. The highest BCUT2D eigenvalue weighted by molar-refractivity contribution is 5.86. The molecule has 3 heterocycles. The van der Waals surface area contributed by atoms with Gasteiger partial charge in [-0.05, 0) is 25.6 Å². The molecular weight excluding hydrogens is 372 g/mol. The van der Waals surface area contributed by atoms with E-state index in [4.69, 9.17) is 5.26 Å². The van der Waals surface area contributed by atoms with Crippen LogP contribution in [-0.4, -0.2) is 85.6 Å². The van der Waals surface area contributed by atoms with Crippen molar-refractivity contribution < 1.29 is 30.0 Å². The number of hydrogen-bond acceptors (Lipinski definition) is 9. The first-order valence-corrected chi connectivity index (χ1v) is 8.51. The van der Waals surface area contributed by atoms with Crippen LogP contribution >= 0.6 is 0 Å². The molecule has 7 N–H and O–H groups in total. The summed E-state index contributed by atoms with van der Waals surface area (Å²) in [7, 11) is 1.43. The number of likely N-dealkylation sites (tertiary alicyclic amines) is 1. The number of nitrogens with zero attached hydrogens (tertiary/aromatic N) is 3. The maximum absolute atomic E-state index is 12.3. The van der Waals surface area contributed by atoms with Crippen LogP contribution in [0.2, 0.25) is 0 Å². The standard InChI is InChI=1S/C16H22N6O6/c1-14(25)4-6-22(12(23)15(26,27)7-17)8-16(14,28)21(2)11-9-3-5-18-10(9)19-13(24)20-11/h3,5,10,18,25-28H,4,6,8H2,1-2H3,(H2,19,20,24). The monoisotopic (exact) mass is 394 g/mol. The second-order valence-corrected chi connectivity index (χ2v) is 7.25. The predicted octanol–water partition coefficient (Wildman–Crippen LogP) is -3.24. The SMILES string of the molecule is CN(C1=C2C=CNC2NC(=O)N1)C1(O)CN(C(=O)C(O)(O)C#N)CCC1(C)O. The molecule has 28 heavy (non-hydrogen) atoms. The van der Waals surface area contributed by atoms with Crippen LogP contribution in [0.15, 0.2) is 23.7 Å². The number of amides is 3. The first kappa shape index (κ1) is 19.9. The summed E-state index contributed by atoms with van der Waals surface area (Å²) in [6, 6.07) is 0.551. The normalized spacial score (nSPS) is 32.1. The molecule has 0 aromatic rings. The highest BCUT2D eigenvalue weighted by atomic mass is 16.5. The van der Waals surface area contributed by atoms with E-state index in [0.29, 0.717) is 5.57 Å². The number of carbonyl (C=O) groups excluding carboxylic acids is 2. The van der Waals surface area contributed by atoms with Crippen molar-refractivity contribution in [1.82, 2.24) is 25.8 Å². The van der Waals surface area contributed by atoms with Gasteiger partial charge < -0.3 is 40.9 Å². The molecule has 0 aliphatic carbocycles. The third-order valence-corrected chi connectivity index (χ3v) is 5.39. The van der Waals surface area contributed by atoms with Crippen LogP contribution in [0.1, 0.15) is 13.3 Å². The molecule has 0 spiro atoms. The number of carbonyl (C=O) groups is 2. The fraction of sp³-hybridized carbons (Fsp3) is 0.562. The molecule has 0 saturated carbocycles. The number of β-amino-alcohol motifs (C(OH)–C–C–N with tert-alkyl or cyclic N) is 1. The fourth-order valence-electron chi connectivity index (χ4n) is 3.54. The minimum Gasteiger partial charge on any atom is -0.385 e. The molecule has 12 heteroatoms. The Bertz CT molecular complexity index is 815. The van der Waals surface area contributed by atoms with Crippen LogP contribution < -0.4 is 16.0 Å². The van der Waals surface area contributed by atoms with Gasteiger partial charge in [-0.1, -0.05) is 0 Å². The van der Waals surface area contributed by atoms with Crippen molar-refractivity contribution in [2.45, 2.75) is 36.6 Å². The van der Waals surface area contributed by atoms with Crippen LogP contribution in [0.4, 0.5) is 4.79 Å². The van der Waals surface area contributed by atoms with Gasteiger partial charge in [-0.15, -0.1) is 0 Å². The number of rotatable bonds is 3. The summed E-state index contributed by atoms with van der Waals surface area (Å²) in [6.45, 7) is 0.716. The Balaban J connectivity index is 1.97. The number of urea groups is 1. The van der Waals surface area contributed by atoms with E-state index in [9.17, 15) is 30.0 Å². The van der Waals surface area contributed by atoms with Crippen molar-refractivity contribution in [3.05, 3.63) is 23.7 Å². The van der Waals surface area contributed by atoms with Crippen molar-refractivity contribution in [2.75, 3.05) is 20.1 Å². The van der Waals surface area contributed by atoms with Gasteiger partial charge in [0, 0.05) is 19.2 Å². The average Bonchev–Trinajstić information content (AvgIpc) is 3.10. The molecule has 3 aliphatic rings. The second-order valence-electron chi connectivity index (χ2n) is 7.25. The zero-order valence-electron chi connectivity index (χ0n) is 15.3. The molecule has 152 valence electrons. The zero-order valence-corrected chi connectivity index (χ0v) is 15.3. The highest BCUT2D eigenvalue weighted by Gasteiger charge is 2.56. The molecule has 3 unspecified atom stereocenters. The van der Waals surface area contributed by atoms with Gasteiger partial charge in [0.2, 0.25) is 0 Å². The highest BCUT2D eigenvalue weighted by Crippen LogP contribution is 2.37. The Kier molecular flexibility index (Phi) is 4.51. The van der Waals surface area contributed by atoms with Crippen molar-refractivity contribution in [1.29, 1.82) is 5.26 Å². The van der Waals surface area contributed by atoms with Crippen molar-refractivity contribution in [3.63, 3.8) is 0 Å². The summed E-state index contributed by atoms with van der Waals surface area (Å²) in [5.74, 6) is -4.37. The van der Waals surface area contributed by atoms with Crippen molar-refractivity contribution >= 4 is 11.9 Å². The average molecular weight is 394 g/mol. The Hall–Kier alpha value is -2.85. The molecule has 0 aromatic heterocycles. The maximum atomic E-state index is 12.3. The second kappa shape index (κ2) is 6.35. The van der Waals surface area contributed by atoms with Gasteiger partial charge in [-0.2, -0.15) is 5.26 Å². The number of nitriles is 1. The number of aliphatic hydroxyl groups is 4. The van der Waals surface area contributed by atoms with Gasteiger partial charge in [-0.25, -0.2) is 4.79 Å². The van der Waals surface area contributed by atoms with Gasteiger partial charge in [0.1, 0.15) is 23.7 Å². The van der Waals surface area contributed by atoms with Crippen LogP contribution in [0.25, 0.3) is 0 Å². The molecule has 3 rings (SSSR count). The van der Waals surface area contributed by atoms with E-state index in [1.54, 1.807) is 12.3 Å². The Labute approximate surface area is 160 Å². The summed E-state index contributed by atoms with van der Waals surface area (Å²) in [5.41, 5.74) is -3.25. The number of piperidine rings is 1. The summed E-state index contributed by atoms with van der Waals surface area (Å²) >= 11 is 0. The lowest BCUT2D eigenvalue weighted by molar-refractivity contribution is -0.246. The quantitative estimate of drug-likeness (QED) is 0.191. The molecule has 0 aromatic carbocycles. The largest absolute Gasteiger partial charge is 0.385 e. The first-order valence-electron chi connectivity index (χ1n) is 8.51. The Morgan fingerprint density at radius 3 is 2.79 bits per heavy atom. The maximum Gasteiger partial charge on any atom is 0.336 e. The van der Waals surface area contributed by atoms with E-state index in [2.05, 4.69) is 16.0 Å². The molecule has 12 nitrogen and oxygen atoms in total. The van der Waals surface area contributed by atoms with Gasteiger partial charge in [-0.3, -0.25) is 10.1 Å².